The van der Waals surface area contributed by atoms with Crippen molar-refractivity contribution < 1.29 is 4.74 Å². The Bertz CT molecular complexity index is 258. The molecule has 1 aromatic carbocycles. The molecule has 0 atom stereocenters. The number of hydrogen-bond acceptors (Lipinski definition) is 1. The smallest absolute Gasteiger partial charge is 0.139 e. The van der Waals surface area contributed by atoms with E-state index in [0.717, 1.165) is 12.2 Å². The molecular weight excluding hydrogens is 147 g/mol. The lowest BCUT2D eigenvalue weighted by molar-refractivity contribution is 0.415. The zero-order valence-electron chi connectivity index (χ0n) is 8.05. The number of aryl methyl sites for hydroxylation is 1. The van der Waals surface area contributed by atoms with E-state index in [-0.39, 0.29) is 0 Å². The number of ether oxygens (including phenoxy) is 1. The molecule has 0 spiro atoms. The molecule has 0 saturated heterocycles. The first kappa shape index (κ1) is 9.18. The highest BCUT2D eigenvalue weighted by molar-refractivity contribution is 6.33. The van der Waals surface area contributed by atoms with Gasteiger partial charge in [0.05, 0.1) is 7.11 Å². The van der Waals surface area contributed by atoms with Crippen LogP contribution in [0, 0.1) is 0 Å². The number of rotatable bonds is 3. The third-order valence-electron chi connectivity index (χ3n) is 2.07. The molecule has 0 amide bonds. The van der Waals surface area contributed by atoms with Crippen LogP contribution in [0.5, 0.6) is 5.75 Å². The average molecular weight is 162 g/mol. The van der Waals surface area contributed by atoms with Crippen LogP contribution in [0.2, 0.25) is 0 Å². The van der Waals surface area contributed by atoms with Gasteiger partial charge in [0.25, 0.3) is 0 Å². The average Bonchev–Trinajstić information content (AvgIpc) is 2.09. The van der Waals surface area contributed by atoms with E-state index in [0.29, 0.717) is 0 Å². The number of methoxy groups -OCH3 is 1. The van der Waals surface area contributed by atoms with E-state index in [9.17, 15) is 0 Å². The molecule has 0 fully saturated rings. The lowest BCUT2D eigenvalue weighted by atomic mass is 9.88. The predicted molar refractivity (Wildman–Crippen MR) is 55.2 cm³/mol. The van der Waals surface area contributed by atoms with Crippen LogP contribution in [0.3, 0.4) is 0 Å². The molecule has 0 radical (unpaired) electrons. The van der Waals surface area contributed by atoms with Crippen LogP contribution in [-0.4, -0.2) is 15.0 Å². The van der Waals surface area contributed by atoms with Crippen LogP contribution in [0.25, 0.3) is 0 Å². The van der Waals surface area contributed by atoms with Gasteiger partial charge in [0.1, 0.15) is 13.6 Å². The first-order valence-corrected chi connectivity index (χ1v) is 4.41. The van der Waals surface area contributed by atoms with Crippen LogP contribution in [0.15, 0.2) is 18.2 Å². The van der Waals surface area contributed by atoms with E-state index in [1.54, 1.807) is 7.11 Å². The van der Waals surface area contributed by atoms with E-state index < -0.39 is 0 Å². The van der Waals surface area contributed by atoms with Crippen LogP contribution >= 0.6 is 0 Å². The summed E-state index contributed by atoms with van der Waals surface area (Å²) >= 11 is 0. The molecule has 12 heavy (non-hydrogen) atoms. The summed E-state index contributed by atoms with van der Waals surface area (Å²) < 4.78 is 5.13. The van der Waals surface area contributed by atoms with E-state index in [4.69, 9.17) is 4.74 Å². The van der Waals surface area contributed by atoms with Crippen molar-refractivity contribution in [1.29, 1.82) is 0 Å². The molecule has 0 N–H and O–H groups in total. The van der Waals surface area contributed by atoms with E-state index in [1.165, 1.54) is 17.4 Å². The molecule has 64 valence electrons. The van der Waals surface area contributed by atoms with E-state index in [1.807, 2.05) is 6.07 Å². The lowest BCUT2D eigenvalue weighted by Gasteiger charge is -2.06. The maximum absolute atomic E-state index is 5.13. The fraction of sp³-hybridized carbons (Fsp3) is 0.400. The summed E-state index contributed by atoms with van der Waals surface area (Å²) in [6, 6.07) is 6.26. The Hall–Kier alpha value is -0.915. The summed E-state index contributed by atoms with van der Waals surface area (Å²) in [5, 5.41) is 0. The summed E-state index contributed by atoms with van der Waals surface area (Å²) in [6.07, 6.45) is 2.36. The van der Waals surface area contributed by atoms with Crippen molar-refractivity contribution in [1.82, 2.24) is 0 Å². The summed E-state index contributed by atoms with van der Waals surface area (Å²) in [7, 11) is 3.84. The Morgan fingerprint density at radius 1 is 1.42 bits per heavy atom. The van der Waals surface area contributed by atoms with Gasteiger partial charge in [-0.25, -0.2) is 0 Å². The van der Waals surface area contributed by atoms with Gasteiger partial charge in [-0.2, -0.15) is 0 Å². The topological polar surface area (TPSA) is 9.23 Å². The Labute approximate surface area is 75.2 Å². The van der Waals surface area contributed by atoms with Gasteiger partial charge in [-0.05, 0) is 18.6 Å². The monoisotopic (exact) mass is 162 g/mol. The molecule has 1 nitrogen and oxygen atoms in total. The van der Waals surface area contributed by atoms with Crippen molar-refractivity contribution in [3.05, 3.63) is 23.8 Å². The Morgan fingerprint density at radius 2 is 2.17 bits per heavy atom. The second-order valence-corrected chi connectivity index (χ2v) is 3.04. The molecule has 0 bridgehead atoms. The molecule has 0 saturated carbocycles. The van der Waals surface area contributed by atoms with Gasteiger partial charge in [0.15, 0.2) is 0 Å². The number of benzene rings is 1. The number of hydrogen-bond donors (Lipinski definition) is 0. The second-order valence-electron chi connectivity index (χ2n) is 3.04. The summed E-state index contributed by atoms with van der Waals surface area (Å²) in [6.45, 7) is 2.20. The van der Waals surface area contributed by atoms with Crippen LogP contribution in [0.4, 0.5) is 0 Å². The molecule has 2 heteroatoms. The van der Waals surface area contributed by atoms with Gasteiger partial charge >= 0.3 is 0 Å². The largest absolute Gasteiger partial charge is 0.497 e. The maximum atomic E-state index is 5.13. The zero-order chi connectivity index (χ0) is 8.97. The molecule has 0 aliphatic heterocycles. The minimum absolute atomic E-state index is 0.951. The van der Waals surface area contributed by atoms with Crippen molar-refractivity contribution in [3.8, 4) is 5.75 Å². The van der Waals surface area contributed by atoms with Gasteiger partial charge in [0.2, 0.25) is 0 Å². The van der Waals surface area contributed by atoms with Crippen LogP contribution < -0.4 is 10.2 Å². The highest BCUT2D eigenvalue weighted by atomic mass is 16.5. The van der Waals surface area contributed by atoms with Gasteiger partial charge in [-0.15, -0.1) is 0 Å². The van der Waals surface area contributed by atoms with Crippen molar-refractivity contribution in [2.24, 2.45) is 0 Å². The Kier molecular flexibility index (Phi) is 3.21. The third kappa shape index (κ3) is 2.03. The van der Waals surface area contributed by atoms with Crippen molar-refractivity contribution >= 4 is 13.3 Å². The molecule has 1 rings (SSSR count). The standard InChI is InChI=1S/C10H15BO/c1-3-4-8-5-6-9(12-2)7-10(8)11/h5-7H,3-4,11H2,1-2H3. The highest BCUT2D eigenvalue weighted by Crippen LogP contribution is 2.09. The minimum Gasteiger partial charge on any atom is -0.497 e. The highest BCUT2D eigenvalue weighted by Gasteiger charge is 1.98. The predicted octanol–water partition coefficient (Wildman–Crippen LogP) is 0.906. The molecule has 0 aliphatic carbocycles. The molecular formula is C10H15BO. The summed E-state index contributed by atoms with van der Waals surface area (Å²) in [5.41, 5.74) is 2.76. The van der Waals surface area contributed by atoms with Crippen molar-refractivity contribution in [3.63, 3.8) is 0 Å². The summed E-state index contributed by atoms with van der Waals surface area (Å²) in [4.78, 5) is 0. The van der Waals surface area contributed by atoms with Crippen molar-refractivity contribution in [2.45, 2.75) is 19.8 Å². The third-order valence-corrected chi connectivity index (χ3v) is 2.07. The fourth-order valence-corrected chi connectivity index (χ4v) is 1.35. The van der Waals surface area contributed by atoms with Crippen molar-refractivity contribution in [2.75, 3.05) is 7.11 Å². The van der Waals surface area contributed by atoms with Gasteiger partial charge in [-0.1, -0.05) is 30.4 Å². The first-order valence-electron chi connectivity index (χ1n) is 4.41. The Balaban J connectivity index is 2.87. The quantitative estimate of drug-likeness (QED) is 0.600. The SMILES string of the molecule is Bc1cc(OC)ccc1CCC. The van der Waals surface area contributed by atoms with Crippen LogP contribution in [-0.2, 0) is 6.42 Å². The first-order chi connectivity index (χ1) is 5.77. The maximum Gasteiger partial charge on any atom is 0.139 e. The lowest BCUT2D eigenvalue weighted by Crippen LogP contribution is -2.10. The molecule has 0 unspecified atom stereocenters. The second kappa shape index (κ2) is 4.20. The molecule has 0 heterocycles. The summed E-state index contributed by atoms with van der Waals surface area (Å²) in [5.74, 6) is 0.951. The molecule has 0 aromatic heterocycles. The van der Waals surface area contributed by atoms with Crippen LogP contribution in [0.1, 0.15) is 18.9 Å². The normalized spacial score (nSPS) is 9.83. The molecule has 1 aromatic rings. The van der Waals surface area contributed by atoms with Gasteiger partial charge in [0, 0.05) is 0 Å². The van der Waals surface area contributed by atoms with Gasteiger partial charge in [-0.3, -0.25) is 0 Å². The Morgan fingerprint density at radius 3 is 2.67 bits per heavy atom. The van der Waals surface area contributed by atoms with E-state index in [2.05, 4.69) is 26.9 Å². The van der Waals surface area contributed by atoms with E-state index >= 15 is 0 Å². The fourth-order valence-electron chi connectivity index (χ4n) is 1.35. The molecule has 0 aliphatic rings. The zero-order valence-corrected chi connectivity index (χ0v) is 8.05. The van der Waals surface area contributed by atoms with Gasteiger partial charge < -0.3 is 4.74 Å². The minimum atomic E-state index is 0.951.